The quantitative estimate of drug-likeness (QED) is 0.123. The second-order valence-electron chi connectivity index (χ2n) is 16.8. The average molecular weight is 610 g/mol. The average Bonchev–Trinajstić information content (AvgIpc) is 3.23. The van der Waals surface area contributed by atoms with Crippen molar-refractivity contribution in [2.45, 2.75) is 124 Å². The lowest BCUT2D eigenvalue weighted by Crippen LogP contribution is -2.58. The predicted molar refractivity (Wildman–Crippen MR) is 173 cm³/mol. The molecule has 0 aromatic carbocycles. The standard InChI is InChI=1S/C35H64N2O4S/c1-24(2)10-8-11-25(3)29-14-15-30-28-13-12-26-22-27(38)23-32(35(26,5)31(28)16-18-34(29,30)4)33(36)17-20-37(6,7)19-9-21-42(39,40)41/h12,24-25,27-33,38H,8-11,13-23,36H2,1-7H3/p+1/t25-,27-,28+,29-,30+,31+,32?,33?,34-,35+/m1/s1. The summed E-state index contributed by atoms with van der Waals surface area (Å²) in [6, 6.07) is -0.00306. The van der Waals surface area contributed by atoms with Gasteiger partial charge in [0.2, 0.25) is 0 Å². The molecule has 4 aliphatic rings. The maximum absolute atomic E-state index is 11.2. The molecular formula is C35H65N2O4S+. The van der Waals surface area contributed by atoms with Crippen LogP contribution < -0.4 is 5.73 Å². The molecule has 0 spiro atoms. The number of aliphatic hydroxyl groups is 1. The van der Waals surface area contributed by atoms with Gasteiger partial charge in [0.1, 0.15) is 0 Å². The van der Waals surface area contributed by atoms with Gasteiger partial charge in [-0.1, -0.05) is 65.5 Å². The second kappa shape index (κ2) is 13.1. The van der Waals surface area contributed by atoms with Crippen molar-refractivity contribution in [2.75, 3.05) is 32.9 Å². The van der Waals surface area contributed by atoms with Gasteiger partial charge in [-0.05, 0) is 97.2 Å². The molecule has 0 heterocycles. The third-order valence-electron chi connectivity index (χ3n) is 13.2. The van der Waals surface area contributed by atoms with Gasteiger partial charge < -0.3 is 15.3 Å². The Bertz CT molecular complexity index is 1060. The van der Waals surface area contributed by atoms with Gasteiger partial charge in [0.15, 0.2) is 0 Å². The van der Waals surface area contributed by atoms with Crippen LogP contribution in [0.1, 0.15) is 112 Å². The van der Waals surface area contributed by atoms with Crippen molar-refractivity contribution in [3.05, 3.63) is 11.6 Å². The van der Waals surface area contributed by atoms with Gasteiger partial charge in [-0.3, -0.25) is 4.55 Å². The van der Waals surface area contributed by atoms with Gasteiger partial charge in [0.25, 0.3) is 10.1 Å². The number of hydrogen-bond donors (Lipinski definition) is 3. The molecule has 4 aliphatic carbocycles. The Morgan fingerprint density at radius 3 is 2.38 bits per heavy atom. The van der Waals surface area contributed by atoms with Crippen molar-refractivity contribution in [2.24, 2.45) is 58.0 Å². The predicted octanol–water partition coefficient (Wildman–Crippen LogP) is 6.69. The first kappa shape index (κ1) is 34.4. The molecule has 0 aromatic heterocycles. The van der Waals surface area contributed by atoms with E-state index in [2.05, 4.69) is 54.8 Å². The Morgan fingerprint density at radius 2 is 1.71 bits per heavy atom. The Hall–Kier alpha value is -0.470. The van der Waals surface area contributed by atoms with E-state index in [1.807, 2.05) is 0 Å². The van der Waals surface area contributed by atoms with Crippen LogP contribution in [0.25, 0.3) is 0 Å². The van der Waals surface area contributed by atoms with Crippen molar-refractivity contribution >= 4 is 10.1 Å². The number of allylic oxidation sites excluding steroid dienone is 1. The van der Waals surface area contributed by atoms with Crippen molar-refractivity contribution in [1.29, 1.82) is 0 Å². The zero-order valence-corrected chi connectivity index (χ0v) is 28.8. The van der Waals surface area contributed by atoms with Crippen LogP contribution in [0.4, 0.5) is 0 Å². The van der Waals surface area contributed by atoms with E-state index in [0.29, 0.717) is 28.8 Å². The van der Waals surface area contributed by atoms with Crippen LogP contribution in [0.15, 0.2) is 11.6 Å². The van der Waals surface area contributed by atoms with Gasteiger partial charge in [-0.25, -0.2) is 0 Å². The van der Waals surface area contributed by atoms with Crippen LogP contribution in [-0.2, 0) is 10.1 Å². The molecular weight excluding hydrogens is 544 g/mol. The lowest BCUT2D eigenvalue weighted by atomic mass is 9.44. The number of aliphatic hydroxyl groups excluding tert-OH is 1. The highest BCUT2D eigenvalue weighted by atomic mass is 32.2. The number of rotatable bonds is 13. The van der Waals surface area contributed by atoms with Crippen molar-refractivity contribution in [1.82, 2.24) is 0 Å². The summed E-state index contributed by atoms with van der Waals surface area (Å²) in [4.78, 5) is 0. The first-order valence-electron chi connectivity index (χ1n) is 17.4. The monoisotopic (exact) mass is 609 g/mol. The van der Waals surface area contributed by atoms with E-state index < -0.39 is 10.1 Å². The maximum Gasteiger partial charge on any atom is 0.265 e. The van der Waals surface area contributed by atoms with Gasteiger partial charge in [-0.15, -0.1) is 0 Å². The van der Waals surface area contributed by atoms with E-state index in [9.17, 15) is 13.5 Å². The van der Waals surface area contributed by atoms with Gasteiger partial charge in [0, 0.05) is 18.9 Å². The molecule has 10 atom stereocenters. The molecule has 244 valence electrons. The molecule has 0 bridgehead atoms. The lowest BCUT2D eigenvalue weighted by molar-refractivity contribution is -0.890. The Balaban J connectivity index is 1.47. The summed E-state index contributed by atoms with van der Waals surface area (Å²) in [5.41, 5.74) is 9.09. The molecule has 0 saturated heterocycles. The maximum atomic E-state index is 11.2. The van der Waals surface area contributed by atoms with Crippen LogP contribution in [0.5, 0.6) is 0 Å². The molecule has 0 aliphatic heterocycles. The molecule has 0 aromatic rings. The molecule has 4 N–H and O–H groups in total. The molecule has 2 unspecified atom stereocenters. The zero-order valence-electron chi connectivity index (χ0n) is 28.0. The fourth-order valence-electron chi connectivity index (χ4n) is 10.9. The fourth-order valence-corrected chi connectivity index (χ4v) is 11.4. The minimum Gasteiger partial charge on any atom is -0.393 e. The molecule has 3 fully saturated rings. The number of hydrogen-bond acceptors (Lipinski definition) is 4. The Labute approximate surface area is 258 Å². The highest BCUT2D eigenvalue weighted by Crippen LogP contribution is 2.68. The third-order valence-corrected chi connectivity index (χ3v) is 14.0. The van der Waals surface area contributed by atoms with Crippen LogP contribution in [0.3, 0.4) is 0 Å². The van der Waals surface area contributed by atoms with E-state index >= 15 is 0 Å². The second-order valence-corrected chi connectivity index (χ2v) is 18.4. The molecule has 3 saturated carbocycles. The summed E-state index contributed by atoms with van der Waals surface area (Å²) in [5, 5.41) is 11.0. The Kier molecular flexibility index (Phi) is 10.7. The van der Waals surface area contributed by atoms with E-state index in [4.69, 9.17) is 10.3 Å². The number of fused-ring (bicyclic) bond motifs is 5. The first-order chi connectivity index (χ1) is 19.5. The molecule has 4 rings (SSSR count). The number of nitrogens with two attached hydrogens (primary N) is 1. The van der Waals surface area contributed by atoms with Crippen molar-refractivity contribution < 1.29 is 22.6 Å². The molecule has 7 heteroatoms. The van der Waals surface area contributed by atoms with Gasteiger partial charge in [-0.2, -0.15) is 8.42 Å². The lowest BCUT2D eigenvalue weighted by Gasteiger charge is -2.61. The SMILES string of the molecule is CC(C)CCC[C@@H](C)[C@H]1CC[C@H]2[C@@H]3CC=C4C[C@@H](O)CC(C(N)CC[N+](C)(C)CCCS(=O)(=O)O)[C@]4(C)[C@H]3CC[C@]12C. The highest BCUT2D eigenvalue weighted by molar-refractivity contribution is 7.85. The summed E-state index contributed by atoms with van der Waals surface area (Å²) >= 11 is 0. The van der Waals surface area contributed by atoms with Crippen LogP contribution >= 0.6 is 0 Å². The fraction of sp³-hybridized carbons (Fsp3) is 0.943. The first-order valence-corrected chi connectivity index (χ1v) is 19.0. The summed E-state index contributed by atoms with van der Waals surface area (Å²) in [6.45, 7) is 14.0. The minimum atomic E-state index is -3.93. The molecule has 0 amide bonds. The minimum absolute atomic E-state index is 0.00306. The van der Waals surface area contributed by atoms with E-state index in [0.717, 1.165) is 55.4 Å². The van der Waals surface area contributed by atoms with Crippen LogP contribution in [0, 0.1) is 52.3 Å². The van der Waals surface area contributed by atoms with Crippen LogP contribution in [-0.4, -0.2) is 67.6 Å². The van der Waals surface area contributed by atoms with Gasteiger partial charge in [0.05, 0.1) is 39.0 Å². The normalized spacial score (nSPS) is 38.4. The molecule has 6 nitrogen and oxygen atoms in total. The third kappa shape index (κ3) is 7.32. The summed E-state index contributed by atoms with van der Waals surface area (Å²) in [7, 11) is 0.318. The Morgan fingerprint density at radius 1 is 1.00 bits per heavy atom. The van der Waals surface area contributed by atoms with Crippen LogP contribution in [0.2, 0.25) is 0 Å². The molecule has 0 radical (unpaired) electrons. The van der Waals surface area contributed by atoms with E-state index in [-0.39, 0.29) is 29.2 Å². The number of quaternary nitrogens is 1. The topological polar surface area (TPSA) is 101 Å². The number of nitrogens with zero attached hydrogens (tertiary/aromatic N) is 1. The highest BCUT2D eigenvalue weighted by Gasteiger charge is 2.61. The molecule has 42 heavy (non-hydrogen) atoms. The zero-order chi connectivity index (χ0) is 31.1. The van der Waals surface area contributed by atoms with Gasteiger partial charge >= 0.3 is 0 Å². The summed E-state index contributed by atoms with van der Waals surface area (Å²) in [5.74, 6) is 4.69. The van der Waals surface area contributed by atoms with E-state index in [1.54, 1.807) is 0 Å². The largest absolute Gasteiger partial charge is 0.393 e. The summed E-state index contributed by atoms with van der Waals surface area (Å²) in [6.07, 6.45) is 15.8. The van der Waals surface area contributed by atoms with Crippen molar-refractivity contribution in [3.63, 3.8) is 0 Å². The van der Waals surface area contributed by atoms with E-state index in [1.165, 1.54) is 56.9 Å². The van der Waals surface area contributed by atoms with Crippen molar-refractivity contribution in [3.8, 4) is 0 Å². The summed E-state index contributed by atoms with van der Waals surface area (Å²) < 4.78 is 32.2. The smallest absolute Gasteiger partial charge is 0.265 e.